The molecule has 0 bridgehead atoms. The number of carbonyl (C=O) groups is 1. The number of rotatable bonds is 8. The van der Waals surface area contributed by atoms with E-state index in [0.29, 0.717) is 24.0 Å². The molecule has 0 saturated carbocycles. The molecule has 2 aliphatic rings. The number of fused-ring (bicyclic) bond motifs is 1. The molecule has 1 unspecified atom stereocenters. The van der Waals surface area contributed by atoms with Crippen LogP contribution in [0.3, 0.4) is 0 Å². The lowest BCUT2D eigenvalue weighted by Crippen LogP contribution is -2.41. The van der Waals surface area contributed by atoms with E-state index in [1.807, 2.05) is 29.2 Å². The van der Waals surface area contributed by atoms with Crippen molar-refractivity contribution in [3.05, 3.63) is 53.1 Å². The first kappa shape index (κ1) is 24.2. The molecule has 1 amide bonds. The van der Waals surface area contributed by atoms with E-state index in [-0.39, 0.29) is 18.3 Å². The van der Waals surface area contributed by atoms with Gasteiger partial charge < -0.3 is 24.0 Å². The van der Waals surface area contributed by atoms with E-state index in [0.717, 1.165) is 49.5 Å². The minimum atomic E-state index is 0. The van der Waals surface area contributed by atoms with Crippen LogP contribution < -0.4 is 14.2 Å². The van der Waals surface area contributed by atoms with Crippen molar-refractivity contribution in [2.45, 2.75) is 25.8 Å². The Kier molecular flexibility index (Phi) is 8.26. The summed E-state index contributed by atoms with van der Waals surface area (Å²) < 4.78 is 16.1. The monoisotopic (exact) mass is 460 g/mol. The van der Waals surface area contributed by atoms with Crippen LogP contribution in [0, 0.1) is 5.92 Å². The molecule has 6 nitrogen and oxygen atoms in total. The Morgan fingerprint density at radius 2 is 1.81 bits per heavy atom. The second-order valence-electron chi connectivity index (χ2n) is 8.46. The first-order chi connectivity index (χ1) is 15.1. The number of amides is 1. The Bertz CT molecular complexity index is 936. The average molecular weight is 461 g/mol. The molecular formula is C25H33ClN2O4. The summed E-state index contributed by atoms with van der Waals surface area (Å²) in [4.78, 5) is 17.5. The summed E-state index contributed by atoms with van der Waals surface area (Å²) in [5.74, 6) is 2.80. The second kappa shape index (κ2) is 10.9. The van der Waals surface area contributed by atoms with Crippen LogP contribution in [-0.4, -0.2) is 63.2 Å². The molecule has 2 aromatic rings. The quantitative estimate of drug-likeness (QED) is 0.595. The summed E-state index contributed by atoms with van der Waals surface area (Å²) in [5, 5.41) is 0. The highest BCUT2D eigenvalue weighted by atomic mass is 35.5. The van der Waals surface area contributed by atoms with Gasteiger partial charge in [0.05, 0.1) is 21.3 Å². The van der Waals surface area contributed by atoms with Crippen molar-refractivity contribution in [2.75, 3.05) is 47.5 Å². The highest BCUT2D eigenvalue weighted by molar-refractivity contribution is 5.99. The maximum absolute atomic E-state index is 13.0. The van der Waals surface area contributed by atoms with Crippen LogP contribution in [0.15, 0.2) is 36.4 Å². The SMILES string of the molecule is COc1cccc(CCN2CCCC(CN3Cc4cc(OC)c(OC)cc4C3=O)C2)c1.Cl. The summed E-state index contributed by atoms with van der Waals surface area (Å²) in [6.07, 6.45) is 3.36. The predicted molar refractivity (Wildman–Crippen MR) is 127 cm³/mol. The summed E-state index contributed by atoms with van der Waals surface area (Å²) in [6, 6.07) is 12.1. The lowest BCUT2D eigenvalue weighted by atomic mass is 9.97. The Labute approximate surface area is 196 Å². The lowest BCUT2D eigenvalue weighted by molar-refractivity contribution is 0.0703. The third-order valence-corrected chi connectivity index (χ3v) is 6.42. The first-order valence-electron chi connectivity index (χ1n) is 11.0. The highest BCUT2D eigenvalue weighted by Gasteiger charge is 2.32. The minimum absolute atomic E-state index is 0. The molecule has 1 fully saturated rings. The van der Waals surface area contributed by atoms with E-state index in [2.05, 4.69) is 17.0 Å². The fourth-order valence-corrected chi connectivity index (χ4v) is 4.78. The fourth-order valence-electron chi connectivity index (χ4n) is 4.78. The number of methoxy groups -OCH3 is 3. The van der Waals surface area contributed by atoms with Gasteiger partial charge in [0.1, 0.15) is 5.75 Å². The molecule has 174 valence electrons. The molecule has 0 spiro atoms. The number of ether oxygens (including phenoxy) is 3. The zero-order chi connectivity index (χ0) is 21.8. The normalized spacial score (nSPS) is 18.2. The Balaban J connectivity index is 0.00000289. The van der Waals surface area contributed by atoms with E-state index in [1.165, 1.54) is 18.4 Å². The maximum Gasteiger partial charge on any atom is 0.254 e. The molecule has 0 N–H and O–H groups in total. The van der Waals surface area contributed by atoms with Gasteiger partial charge in [-0.2, -0.15) is 0 Å². The van der Waals surface area contributed by atoms with Crippen molar-refractivity contribution in [2.24, 2.45) is 5.92 Å². The first-order valence-corrected chi connectivity index (χ1v) is 11.0. The Morgan fingerprint density at radius 1 is 1.03 bits per heavy atom. The van der Waals surface area contributed by atoms with Crippen LogP contribution in [0.1, 0.15) is 34.3 Å². The van der Waals surface area contributed by atoms with Crippen molar-refractivity contribution < 1.29 is 19.0 Å². The Morgan fingerprint density at radius 3 is 2.56 bits per heavy atom. The third kappa shape index (κ3) is 5.30. The van der Waals surface area contributed by atoms with Crippen molar-refractivity contribution in [1.29, 1.82) is 0 Å². The van der Waals surface area contributed by atoms with Crippen molar-refractivity contribution in [3.63, 3.8) is 0 Å². The molecule has 0 aliphatic carbocycles. The summed E-state index contributed by atoms with van der Waals surface area (Å²) in [5.41, 5.74) is 3.06. The number of likely N-dealkylation sites (tertiary alicyclic amines) is 1. The molecule has 7 heteroatoms. The lowest BCUT2D eigenvalue weighted by Gasteiger charge is -2.34. The van der Waals surface area contributed by atoms with Crippen LogP contribution in [0.4, 0.5) is 0 Å². The number of hydrogen-bond donors (Lipinski definition) is 0. The van der Waals surface area contributed by atoms with E-state index < -0.39 is 0 Å². The molecular weight excluding hydrogens is 428 g/mol. The van der Waals surface area contributed by atoms with Crippen LogP contribution >= 0.6 is 12.4 Å². The summed E-state index contributed by atoms with van der Waals surface area (Å²) in [7, 11) is 4.93. The average Bonchev–Trinajstić information content (AvgIpc) is 3.11. The van der Waals surface area contributed by atoms with Crippen molar-refractivity contribution in [1.82, 2.24) is 9.80 Å². The molecule has 0 aromatic heterocycles. The summed E-state index contributed by atoms with van der Waals surface area (Å²) in [6.45, 7) is 4.65. The van der Waals surface area contributed by atoms with Gasteiger partial charge in [-0.1, -0.05) is 12.1 Å². The van der Waals surface area contributed by atoms with Crippen LogP contribution in [-0.2, 0) is 13.0 Å². The van der Waals surface area contributed by atoms with Gasteiger partial charge in [0.2, 0.25) is 0 Å². The molecule has 1 atom stereocenters. The van der Waals surface area contributed by atoms with Gasteiger partial charge in [0, 0.05) is 31.7 Å². The van der Waals surface area contributed by atoms with Crippen LogP contribution in [0.25, 0.3) is 0 Å². The third-order valence-electron chi connectivity index (χ3n) is 6.42. The number of carbonyl (C=O) groups excluding carboxylic acids is 1. The standard InChI is InChI=1S/C25H32N2O4.ClH/c1-29-21-8-4-6-18(12-21)9-11-26-10-5-7-19(15-26)16-27-17-20-13-23(30-2)24(31-3)14-22(20)25(27)28;/h4,6,8,12-14,19H,5,7,9-11,15-17H2,1-3H3;1H. The topological polar surface area (TPSA) is 51.2 Å². The van der Waals surface area contributed by atoms with Gasteiger partial charge in [-0.3, -0.25) is 4.79 Å². The van der Waals surface area contributed by atoms with Gasteiger partial charge in [0.15, 0.2) is 11.5 Å². The summed E-state index contributed by atoms with van der Waals surface area (Å²) >= 11 is 0. The van der Waals surface area contributed by atoms with Gasteiger partial charge in [0.25, 0.3) is 5.91 Å². The van der Waals surface area contributed by atoms with E-state index in [9.17, 15) is 4.79 Å². The van der Waals surface area contributed by atoms with E-state index >= 15 is 0 Å². The fraction of sp³-hybridized carbons (Fsp3) is 0.480. The predicted octanol–water partition coefficient (Wildman–Crippen LogP) is 4.04. The highest BCUT2D eigenvalue weighted by Crippen LogP contribution is 2.35. The van der Waals surface area contributed by atoms with E-state index in [1.54, 1.807) is 21.3 Å². The molecule has 2 aliphatic heterocycles. The van der Waals surface area contributed by atoms with Gasteiger partial charge in [-0.25, -0.2) is 0 Å². The zero-order valence-electron chi connectivity index (χ0n) is 19.1. The number of hydrogen-bond acceptors (Lipinski definition) is 5. The number of halogens is 1. The molecule has 0 radical (unpaired) electrons. The largest absolute Gasteiger partial charge is 0.497 e. The van der Waals surface area contributed by atoms with Crippen LogP contribution in [0.5, 0.6) is 17.2 Å². The van der Waals surface area contributed by atoms with Crippen LogP contribution in [0.2, 0.25) is 0 Å². The van der Waals surface area contributed by atoms with Crippen molar-refractivity contribution in [3.8, 4) is 17.2 Å². The molecule has 2 heterocycles. The smallest absolute Gasteiger partial charge is 0.254 e. The molecule has 1 saturated heterocycles. The zero-order valence-corrected chi connectivity index (χ0v) is 20.0. The van der Waals surface area contributed by atoms with Gasteiger partial charge in [-0.05, 0) is 67.1 Å². The van der Waals surface area contributed by atoms with Crippen molar-refractivity contribution >= 4 is 18.3 Å². The number of benzene rings is 2. The molecule has 2 aromatic carbocycles. The maximum atomic E-state index is 13.0. The minimum Gasteiger partial charge on any atom is -0.497 e. The van der Waals surface area contributed by atoms with Gasteiger partial charge in [-0.15, -0.1) is 12.4 Å². The molecule has 4 rings (SSSR count). The number of piperidine rings is 1. The molecule has 32 heavy (non-hydrogen) atoms. The van der Waals surface area contributed by atoms with Gasteiger partial charge >= 0.3 is 0 Å². The second-order valence-corrected chi connectivity index (χ2v) is 8.46. The van der Waals surface area contributed by atoms with E-state index in [4.69, 9.17) is 14.2 Å². The number of nitrogens with zero attached hydrogens (tertiary/aromatic N) is 2. The Hall–Kier alpha value is -2.44.